The number of nitrogens with one attached hydrogen (secondary N) is 1. The van der Waals surface area contributed by atoms with Gasteiger partial charge in [-0.05, 0) is 62.1 Å². The maximum absolute atomic E-state index is 12.8. The number of rotatable bonds is 4. The smallest absolute Gasteiger partial charge is 0.312 e. The van der Waals surface area contributed by atoms with Crippen molar-refractivity contribution in [3.8, 4) is 16.9 Å². The molecular weight excluding hydrogens is 386 g/mol. The number of halogens is 1. The number of benzene rings is 2. The van der Waals surface area contributed by atoms with E-state index < -0.39 is 0 Å². The number of imidazole rings is 1. The van der Waals surface area contributed by atoms with Gasteiger partial charge < -0.3 is 9.55 Å². The summed E-state index contributed by atoms with van der Waals surface area (Å²) >= 11 is 6.01. The lowest BCUT2D eigenvalue weighted by molar-refractivity contribution is 0.747. The summed E-state index contributed by atoms with van der Waals surface area (Å²) < 4.78 is 3.48. The first-order chi connectivity index (χ1) is 14.1. The van der Waals surface area contributed by atoms with E-state index in [1.54, 1.807) is 22.9 Å². The first kappa shape index (κ1) is 18.0. The number of aryl methyl sites for hydroxylation is 1. The van der Waals surface area contributed by atoms with E-state index in [4.69, 9.17) is 11.6 Å². The van der Waals surface area contributed by atoms with E-state index in [9.17, 15) is 9.59 Å². The van der Waals surface area contributed by atoms with Crippen molar-refractivity contribution in [1.82, 2.24) is 14.1 Å². The molecule has 1 N–H and O–H groups in total. The Kier molecular flexibility index (Phi) is 4.21. The van der Waals surface area contributed by atoms with Crippen LogP contribution in [0.15, 0.2) is 64.3 Å². The second-order valence-electron chi connectivity index (χ2n) is 7.49. The van der Waals surface area contributed by atoms with Gasteiger partial charge in [0.2, 0.25) is 0 Å². The van der Waals surface area contributed by atoms with Gasteiger partial charge in [0.15, 0.2) is 0 Å². The van der Waals surface area contributed by atoms with Crippen molar-refractivity contribution >= 4 is 22.5 Å². The van der Waals surface area contributed by atoms with Crippen LogP contribution < -0.4 is 11.2 Å². The van der Waals surface area contributed by atoms with Crippen LogP contribution in [-0.2, 0) is 6.54 Å². The number of pyridine rings is 1. The molecular formula is C23H20ClN3O2. The van der Waals surface area contributed by atoms with Crippen LogP contribution in [0.1, 0.15) is 31.2 Å². The largest absolute Gasteiger partial charge is 0.330 e. The molecule has 0 spiro atoms. The zero-order valence-corrected chi connectivity index (χ0v) is 16.7. The van der Waals surface area contributed by atoms with Gasteiger partial charge in [-0.25, -0.2) is 4.79 Å². The third kappa shape index (κ3) is 3.02. The molecule has 2 aromatic carbocycles. The van der Waals surface area contributed by atoms with Crippen LogP contribution in [0.5, 0.6) is 0 Å². The topological polar surface area (TPSA) is 59.8 Å². The van der Waals surface area contributed by atoms with Gasteiger partial charge in [0, 0.05) is 34.3 Å². The van der Waals surface area contributed by atoms with Gasteiger partial charge in [-0.2, -0.15) is 0 Å². The number of nitrogens with zero attached hydrogens (tertiary/aromatic N) is 2. The summed E-state index contributed by atoms with van der Waals surface area (Å²) in [5.74, 6) is 0.368. The van der Waals surface area contributed by atoms with Gasteiger partial charge in [-0.1, -0.05) is 23.7 Å². The molecule has 0 unspecified atom stereocenters. The van der Waals surface area contributed by atoms with E-state index in [0.29, 0.717) is 17.5 Å². The minimum absolute atomic E-state index is 0.107. The summed E-state index contributed by atoms with van der Waals surface area (Å²) in [5, 5.41) is 1.62. The van der Waals surface area contributed by atoms with Crippen LogP contribution in [0.4, 0.5) is 0 Å². The SMILES string of the molecule is CCn1c(=O)c(C2CC2)cc2cc(-n3c(-c4ccc(Cl)cc4)c[nH]c3=O)ccc21. The highest BCUT2D eigenvalue weighted by Crippen LogP contribution is 2.39. The van der Waals surface area contributed by atoms with Gasteiger partial charge >= 0.3 is 5.69 Å². The van der Waals surface area contributed by atoms with Gasteiger partial charge in [0.25, 0.3) is 5.56 Å². The fourth-order valence-electron chi connectivity index (χ4n) is 4.00. The summed E-state index contributed by atoms with van der Waals surface area (Å²) in [7, 11) is 0. The van der Waals surface area contributed by atoms with Crippen molar-refractivity contribution in [3.63, 3.8) is 0 Å². The van der Waals surface area contributed by atoms with E-state index in [1.807, 2.05) is 47.9 Å². The zero-order chi connectivity index (χ0) is 20.1. The first-order valence-electron chi connectivity index (χ1n) is 9.81. The van der Waals surface area contributed by atoms with E-state index in [2.05, 4.69) is 4.98 Å². The monoisotopic (exact) mass is 405 g/mol. The van der Waals surface area contributed by atoms with Gasteiger partial charge in [0.05, 0.1) is 16.9 Å². The summed E-state index contributed by atoms with van der Waals surface area (Å²) in [6.07, 6.45) is 3.85. The zero-order valence-electron chi connectivity index (χ0n) is 16.0. The van der Waals surface area contributed by atoms with E-state index in [-0.39, 0.29) is 11.2 Å². The molecule has 0 radical (unpaired) electrons. The molecule has 1 saturated carbocycles. The molecule has 1 fully saturated rings. The Morgan fingerprint density at radius 1 is 1.07 bits per heavy atom. The number of fused-ring (bicyclic) bond motifs is 1. The molecule has 4 aromatic rings. The second-order valence-corrected chi connectivity index (χ2v) is 7.92. The maximum Gasteiger partial charge on any atom is 0.330 e. The average Bonchev–Trinajstić information content (AvgIpc) is 3.50. The van der Waals surface area contributed by atoms with Gasteiger partial charge in [-0.3, -0.25) is 9.36 Å². The van der Waals surface area contributed by atoms with Crippen molar-refractivity contribution in [1.29, 1.82) is 0 Å². The Hall–Kier alpha value is -3.05. The Labute approximate surface area is 172 Å². The molecule has 0 atom stereocenters. The van der Waals surface area contributed by atoms with Crippen molar-refractivity contribution < 1.29 is 0 Å². The number of hydrogen-bond acceptors (Lipinski definition) is 2. The molecule has 6 heteroatoms. The molecule has 1 aliphatic carbocycles. The van der Waals surface area contributed by atoms with Crippen LogP contribution in [0.3, 0.4) is 0 Å². The fraction of sp³-hybridized carbons (Fsp3) is 0.217. The van der Waals surface area contributed by atoms with Gasteiger partial charge in [0.1, 0.15) is 0 Å². The first-order valence-corrected chi connectivity index (χ1v) is 10.2. The molecule has 146 valence electrons. The molecule has 0 amide bonds. The number of aromatic amines is 1. The Morgan fingerprint density at radius 3 is 2.52 bits per heavy atom. The van der Waals surface area contributed by atoms with Crippen molar-refractivity contribution in [3.05, 3.63) is 86.2 Å². The predicted octanol–water partition coefficient (Wildman–Crippen LogP) is 4.70. The maximum atomic E-state index is 12.8. The summed E-state index contributed by atoms with van der Waals surface area (Å²) in [5.41, 5.74) is 4.09. The summed E-state index contributed by atoms with van der Waals surface area (Å²) in [6.45, 7) is 2.61. The van der Waals surface area contributed by atoms with Crippen LogP contribution >= 0.6 is 11.6 Å². The summed E-state index contributed by atoms with van der Waals surface area (Å²) in [6, 6.07) is 15.2. The van der Waals surface area contributed by atoms with Crippen LogP contribution in [0.2, 0.25) is 5.02 Å². The van der Waals surface area contributed by atoms with Crippen LogP contribution in [-0.4, -0.2) is 14.1 Å². The normalized spacial score (nSPS) is 13.9. The number of aromatic nitrogens is 3. The highest BCUT2D eigenvalue weighted by atomic mass is 35.5. The van der Waals surface area contributed by atoms with Crippen molar-refractivity contribution in [2.45, 2.75) is 32.2 Å². The minimum atomic E-state index is -0.208. The average molecular weight is 406 g/mol. The lowest BCUT2D eigenvalue weighted by atomic mass is 10.1. The third-order valence-electron chi connectivity index (χ3n) is 5.61. The molecule has 0 aliphatic heterocycles. The molecule has 0 saturated heterocycles. The van der Waals surface area contributed by atoms with E-state index >= 15 is 0 Å². The predicted molar refractivity (Wildman–Crippen MR) is 116 cm³/mol. The Balaban J connectivity index is 1.72. The molecule has 29 heavy (non-hydrogen) atoms. The number of hydrogen-bond donors (Lipinski definition) is 1. The number of H-pyrrole nitrogens is 1. The Bertz CT molecular complexity index is 1340. The molecule has 2 heterocycles. The molecule has 1 aliphatic rings. The molecule has 2 aromatic heterocycles. The van der Waals surface area contributed by atoms with Crippen molar-refractivity contribution in [2.75, 3.05) is 0 Å². The molecule has 5 nitrogen and oxygen atoms in total. The van der Waals surface area contributed by atoms with E-state index in [1.165, 1.54) is 0 Å². The molecule has 5 rings (SSSR count). The fourth-order valence-corrected chi connectivity index (χ4v) is 4.12. The van der Waals surface area contributed by atoms with Crippen LogP contribution in [0, 0.1) is 0 Å². The molecule has 0 bridgehead atoms. The van der Waals surface area contributed by atoms with Crippen molar-refractivity contribution in [2.24, 2.45) is 0 Å². The Morgan fingerprint density at radius 2 is 1.83 bits per heavy atom. The van der Waals surface area contributed by atoms with Gasteiger partial charge in [-0.15, -0.1) is 0 Å². The summed E-state index contributed by atoms with van der Waals surface area (Å²) in [4.78, 5) is 28.2. The quantitative estimate of drug-likeness (QED) is 0.535. The second kappa shape index (κ2) is 6.78. The standard InChI is InChI=1S/C23H20ClN3O2/c1-2-26-20-10-9-18(11-16(20)12-19(22(26)28)14-3-4-14)27-21(13-25-23(27)29)15-5-7-17(24)8-6-15/h5-14H,2-4H2,1H3,(H,25,29). The lowest BCUT2D eigenvalue weighted by Crippen LogP contribution is -2.23. The minimum Gasteiger partial charge on any atom is -0.312 e. The third-order valence-corrected chi connectivity index (χ3v) is 5.86. The van der Waals surface area contributed by atoms with Crippen LogP contribution in [0.25, 0.3) is 27.8 Å². The highest BCUT2D eigenvalue weighted by molar-refractivity contribution is 6.30. The highest BCUT2D eigenvalue weighted by Gasteiger charge is 2.27. The van der Waals surface area contributed by atoms with E-state index in [0.717, 1.165) is 46.3 Å². The lowest BCUT2D eigenvalue weighted by Gasteiger charge is -2.13.